The number of hydrogen-bond acceptors (Lipinski definition) is 6. The van der Waals surface area contributed by atoms with Crippen molar-refractivity contribution >= 4 is 56.3 Å². The molecule has 0 amide bonds. The van der Waals surface area contributed by atoms with Crippen LogP contribution < -0.4 is 15.4 Å². The van der Waals surface area contributed by atoms with E-state index in [4.69, 9.17) is 23.8 Å². The fraction of sp³-hybridized carbons (Fsp3) is 0.0476. The van der Waals surface area contributed by atoms with Crippen molar-refractivity contribution in [3.8, 4) is 0 Å². The third kappa shape index (κ3) is 5.84. The average Bonchev–Trinajstić information content (AvgIpc) is 3.24. The van der Waals surface area contributed by atoms with Gasteiger partial charge in [0.25, 0.3) is 10.0 Å². The Labute approximate surface area is 205 Å². The predicted molar refractivity (Wildman–Crippen MR) is 132 cm³/mol. The van der Waals surface area contributed by atoms with Gasteiger partial charge in [-0.1, -0.05) is 17.7 Å². The lowest BCUT2D eigenvalue weighted by molar-refractivity contribution is 0.585. The molecule has 0 atom stereocenters. The van der Waals surface area contributed by atoms with Crippen molar-refractivity contribution in [3.63, 3.8) is 0 Å². The Balaban J connectivity index is 1.35. The Bertz CT molecular complexity index is 1390. The van der Waals surface area contributed by atoms with E-state index in [-0.39, 0.29) is 22.5 Å². The van der Waals surface area contributed by atoms with Crippen LogP contribution in [0.25, 0.3) is 0 Å². The molecule has 4 rings (SSSR count). The van der Waals surface area contributed by atoms with Gasteiger partial charge < -0.3 is 10.6 Å². The second kappa shape index (κ2) is 10.1. The SMILES string of the molecule is O=S(=O)(Nc1ncccn1)c1ccc(NC(=S)Nc2cnn(Cc3c(F)cccc3Cl)c2)cc1. The highest BCUT2D eigenvalue weighted by Gasteiger charge is 2.15. The number of nitrogens with zero attached hydrogens (tertiary/aromatic N) is 4. The van der Waals surface area contributed by atoms with Gasteiger partial charge in [0.2, 0.25) is 5.95 Å². The van der Waals surface area contributed by atoms with Gasteiger partial charge in [-0.2, -0.15) is 5.10 Å². The molecule has 3 N–H and O–H groups in total. The quantitative estimate of drug-likeness (QED) is 0.314. The first-order valence-corrected chi connectivity index (χ1v) is 12.0. The van der Waals surface area contributed by atoms with Crippen LogP contribution in [0.2, 0.25) is 5.02 Å². The zero-order valence-corrected chi connectivity index (χ0v) is 19.7. The molecule has 0 spiro atoms. The lowest BCUT2D eigenvalue weighted by Gasteiger charge is -2.10. The van der Waals surface area contributed by atoms with E-state index in [0.29, 0.717) is 22.0 Å². The van der Waals surface area contributed by atoms with Gasteiger partial charge in [0, 0.05) is 34.9 Å². The molecule has 0 bridgehead atoms. The fourth-order valence-electron chi connectivity index (χ4n) is 2.90. The third-order valence-corrected chi connectivity index (χ3v) is 6.39. The topological polar surface area (TPSA) is 114 Å². The zero-order chi connectivity index (χ0) is 24.1. The summed E-state index contributed by atoms with van der Waals surface area (Å²) >= 11 is 11.4. The molecule has 13 heteroatoms. The van der Waals surface area contributed by atoms with Crippen LogP contribution in [0.1, 0.15) is 5.56 Å². The Hall–Kier alpha value is -3.61. The number of halogens is 2. The van der Waals surface area contributed by atoms with E-state index < -0.39 is 15.8 Å². The third-order valence-electron chi connectivity index (χ3n) is 4.49. The summed E-state index contributed by atoms with van der Waals surface area (Å²) in [5.74, 6) is -0.431. The van der Waals surface area contributed by atoms with Gasteiger partial charge in [0.1, 0.15) is 5.82 Å². The number of hydrogen-bond donors (Lipinski definition) is 3. The van der Waals surface area contributed by atoms with Crippen molar-refractivity contribution < 1.29 is 12.8 Å². The van der Waals surface area contributed by atoms with Gasteiger partial charge in [-0.15, -0.1) is 0 Å². The second-order valence-corrected chi connectivity index (χ2v) is 9.41. The zero-order valence-electron chi connectivity index (χ0n) is 17.3. The Morgan fingerprint density at radius 2 is 1.74 bits per heavy atom. The molecule has 4 aromatic rings. The molecule has 0 aliphatic heterocycles. The smallest absolute Gasteiger partial charge is 0.264 e. The Morgan fingerprint density at radius 3 is 2.44 bits per heavy atom. The van der Waals surface area contributed by atoms with E-state index in [2.05, 4.69) is 30.4 Å². The Morgan fingerprint density at radius 1 is 1.03 bits per heavy atom. The minimum atomic E-state index is -3.83. The number of aromatic nitrogens is 4. The molecular weight excluding hydrogens is 501 g/mol. The number of benzene rings is 2. The molecule has 34 heavy (non-hydrogen) atoms. The highest BCUT2D eigenvalue weighted by Crippen LogP contribution is 2.21. The summed E-state index contributed by atoms with van der Waals surface area (Å²) in [6.07, 6.45) is 6.06. The number of sulfonamides is 1. The highest BCUT2D eigenvalue weighted by molar-refractivity contribution is 7.92. The van der Waals surface area contributed by atoms with Crippen LogP contribution in [0.5, 0.6) is 0 Å². The molecular formula is C21H17ClFN7O2S2. The largest absolute Gasteiger partial charge is 0.332 e. The van der Waals surface area contributed by atoms with E-state index >= 15 is 0 Å². The van der Waals surface area contributed by atoms with Crippen LogP contribution in [0.3, 0.4) is 0 Å². The first-order chi connectivity index (χ1) is 16.3. The first-order valence-electron chi connectivity index (χ1n) is 9.73. The average molecular weight is 518 g/mol. The van der Waals surface area contributed by atoms with E-state index in [1.54, 1.807) is 30.5 Å². The second-order valence-electron chi connectivity index (χ2n) is 6.91. The number of anilines is 3. The predicted octanol–water partition coefficient (Wildman–Crippen LogP) is 4.12. The molecule has 0 radical (unpaired) electrons. The lowest BCUT2D eigenvalue weighted by Crippen LogP contribution is -2.19. The van der Waals surface area contributed by atoms with Gasteiger partial charge in [-0.05, 0) is 54.7 Å². The maximum absolute atomic E-state index is 14.0. The molecule has 174 valence electrons. The summed E-state index contributed by atoms with van der Waals surface area (Å²) in [5, 5.41) is 10.7. The van der Waals surface area contributed by atoms with Crippen molar-refractivity contribution in [2.75, 3.05) is 15.4 Å². The molecule has 0 saturated carbocycles. The number of nitrogens with one attached hydrogen (secondary N) is 3. The summed E-state index contributed by atoms with van der Waals surface area (Å²) in [5.41, 5.74) is 1.48. The van der Waals surface area contributed by atoms with Crippen LogP contribution in [0.15, 0.2) is 78.2 Å². The molecule has 2 heterocycles. The summed E-state index contributed by atoms with van der Waals surface area (Å²) < 4.78 is 42.7. The maximum Gasteiger partial charge on any atom is 0.264 e. The Kier molecular flexibility index (Phi) is 7.01. The first kappa shape index (κ1) is 23.5. The number of rotatable bonds is 7. The van der Waals surface area contributed by atoms with E-state index in [1.807, 2.05) is 0 Å². The lowest BCUT2D eigenvalue weighted by atomic mass is 10.2. The van der Waals surface area contributed by atoms with Gasteiger partial charge in [0.05, 0.1) is 23.3 Å². The van der Waals surface area contributed by atoms with Gasteiger partial charge in [0.15, 0.2) is 5.11 Å². The summed E-state index contributed by atoms with van der Waals surface area (Å²) in [6.45, 7) is 0.158. The van der Waals surface area contributed by atoms with Crippen LogP contribution in [0.4, 0.5) is 21.7 Å². The van der Waals surface area contributed by atoms with Crippen LogP contribution in [-0.2, 0) is 16.6 Å². The molecule has 0 unspecified atom stereocenters. The van der Waals surface area contributed by atoms with Gasteiger partial charge in [-0.3, -0.25) is 4.68 Å². The highest BCUT2D eigenvalue weighted by atomic mass is 35.5. The molecule has 0 saturated heterocycles. The normalized spacial score (nSPS) is 11.1. The maximum atomic E-state index is 14.0. The van der Waals surface area contributed by atoms with Gasteiger partial charge >= 0.3 is 0 Å². The molecule has 0 fully saturated rings. The van der Waals surface area contributed by atoms with Gasteiger partial charge in [-0.25, -0.2) is 27.5 Å². The fourth-order valence-corrected chi connectivity index (χ4v) is 4.32. The van der Waals surface area contributed by atoms with Crippen molar-refractivity contribution in [1.82, 2.24) is 19.7 Å². The molecule has 0 aliphatic rings. The van der Waals surface area contributed by atoms with E-state index in [1.165, 1.54) is 47.5 Å². The number of thiocarbonyl (C=S) groups is 1. The minimum absolute atomic E-state index is 0.0205. The van der Waals surface area contributed by atoms with Crippen LogP contribution >= 0.6 is 23.8 Å². The van der Waals surface area contributed by atoms with E-state index in [0.717, 1.165) is 0 Å². The monoisotopic (exact) mass is 517 g/mol. The summed E-state index contributed by atoms with van der Waals surface area (Å²) in [6, 6.07) is 12.1. The molecule has 9 nitrogen and oxygen atoms in total. The van der Waals surface area contributed by atoms with Crippen molar-refractivity contribution in [2.45, 2.75) is 11.4 Å². The standard InChI is InChI=1S/C21H17ClFN7O2S2/c22-18-3-1-4-19(23)17(18)13-30-12-15(11-26-30)28-21(33)27-14-5-7-16(8-6-14)34(31,32)29-20-24-9-2-10-25-20/h1-12H,13H2,(H,24,25,29)(H2,27,28,33). The van der Waals surface area contributed by atoms with Crippen LogP contribution in [-0.4, -0.2) is 33.3 Å². The molecule has 2 aromatic carbocycles. The van der Waals surface area contributed by atoms with E-state index in [9.17, 15) is 12.8 Å². The minimum Gasteiger partial charge on any atom is -0.332 e. The molecule has 2 aromatic heterocycles. The van der Waals surface area contributed by atoms with Crippen LogP contribution in [0, 0.1) is 5.82 Å². The summed E-state index contributed by atoms with van der Waals surface area (Å²) in [4.78, 5) is 7.74. The van der Waals surface area contributed by atoms with Crippen molar-refractivity contribution in [2.24, 2.45) is 0 Å². The van der Waals surface area contributed by atoms with Crippen molar-refractivity contribution in [1.29, 1.82) is 0 Å². The summed E-state index contributed by atoms with van der Waals surface area (Å²) in [7, 11) is -3.83. The van der Waals surface area contributed by atoms with Crippen molar-refractivity contribution in [3.05, 3.63) is 89.7 Å². The molecule has 0 aliphatic carbocycles.